The van der Waals surface area contributed by atoms with Crippen LogP contribution in [0.5, 0.6) is 5.75 Å². The third-order valence-corrected chi connectivity index (χ3v) is 4.26. The first-order valence-corrected chi connectivity index (χ1v) is 8.00. The van der Waals surface area contributed by atoms with Crippen molar-refractivity contribution in [2.24, 2.45) is 0 Å². The summed E-state index contributed by atoms with van der Waals surface area (Å²) in [6, 6.07) is 11.0. The number of fused-ring (bicyclic) bond motifs is 1. The zero-order valence-corrected chi connectivity index (χ0v) is 13.6. The van der Waals surface area contributed by atoms with Gasteiger partial charge in [-0.15, -0.1) is 0 Å². The van der Waals surface area contributed by atoms with Crippen LogP contribution >= 0.6 is 22.9 Å². The van der Waals surface area contributed by atoms with Gasteiger partial charge in [0.15, 0.2) is 11.2 Å². The summed E-state index contributed by atoms with van der Waals surface area (Å²) >= 11 is 7.01. The molecule has 1 N–H and O–H groups in total. The Morgan fingerprint density at radius 3 is 2.78 bits per heavy atom. The van der Waals surface area contributed by atoms with E-state index in [0.29, 0.717) is 26.1 Å². The molecular weight excluding hydrogens is 339 g/mol. The van der Waals surface area contributed by atoms with Gasteiger partial charge in [-0.05, 0) is 49.4 Å². The van der Waals surface area contributed by atoms with Crippen LogP contribution in [0.4, 0.5) is 9.52 Å². The number of ether oxygens (including phenoxy) is 1. The average molecular weight is 351 g/mol. The number of thiazole rings is 1. The quantitative estimate of drug-likeness (QED) is 0.754. The van der Waals surface area contributed by atoms with Crippen LogP contribution in [0.1, 0.15) is 6.92 Å². The van der Waals surface area contributed by atoms with Crippen LogP contribution in [-0.2, 0) is 4.79 Å². The third-order valence-electron chi connectivity index (χ3n) is 3.08. The van der Waals surface area contributed by atoms with Crippen LogP contribution in [0.15, 0.2) is 42.5 Å². The maximum Gasteiger partial charge on any atom is 0.266 e. The smallest absolute Gasteiger partial charge is 0.266 e. The lowest BCUT2D eigenvalue weighted by molar-refractivity contribution is -0.122. The highest BCUT2D eigenvalue weighted by molar-refractivity contribution is 7.22. The SMILES string of the molecule is CC(Oc1ccc(Cl)cc1)C(=O)Nc1nc2ccc(F)cc2s1. The minimum absolute atomic E-state index is 0.334. The number of carbonyl (C=O) groups is 1. The molecule has 7 heteroatoms. The largest absolute Gasteiger partial charge is 0.481 e. The van der Waals surface area contributed by atoms with Gasteiger partial charge in [0.2, 0.25) is 0 Å². The lowest BCUT2D eigenvalue weighted by atomic mass is 10.3. The normalized spacial score (nSPS) is 12.1. The Balaban J connectivity index is 1.68. The maximum absolute atomic E-state index is 13.2. The van der Waals surface area contributed by atoms with Gasteiger partial charge in [-0.1, -0.05) is 22.9 Å². The fourth-order valence-electron chi connectivity index (χ4n) is 1.93. The highest BCUT2D eigenvalue weighted by atomic mass is 35.5. The number of nitrogens with zero attached hydrogens (tertiary/aromatic N) is 1. The summed E-state index contributed by atoms with van der Waals surface area (Å²) in [7, 11) is 0. The molecule has 1 unspecified atom stereocenters. The first-order valence-electron chi connectivity index (χ1n) is 6.80. The molecule has 2 aromatic carbocycles. The van der Waals surface area contributed by atoms with Gasteiger partial charge in [0.25, 0.3) is 5.91 Å². The molecule has 0 saturated heterocycles. The first kappa shape index (κ1) is 15.7. The first-order chi connectivity index (χ1) is 11.0. The molecule has 3 rings (SSSR count). The predicted molar refractivity (Wildman–Crippen MR) is 89.7 cm³/mol. The number of nitrogens with one attached hydrogen (secondary N) is 1. The fraction of sp³-hybridized carbons (Fsp3) is 0.125. The maximum atomic E-state index is 13.2. The summed E-state index contributed by atoms with van der Waals surface area (Å²) in [5.41, 5.74) is 0.637. The van der Waals surface area contributed by atoms with Gasteiger partial charge < -0.3 is 4.74 Å². The average Bonchev–Trinajstić information content (AvgIpc) is 2.90. The Labute approximate surface area is 140 Å². The molecule has 3 aromatic rings. The Hall–Kier alpha value is -2.18. The fourth-order valence-corrected chi connectivity index (χ4v) is 2.95. The van der Waals surface area contributed by atoms with E-state index >= 15 is 0 Å². The van der Waals surface area contributed by atoms with Crippen LogP contribution in [0.25, 0.3) is 10.2 Å². The van der Waals surface area contributed by atoms with Gasteiger partial charge in [-0.25, -0.2) is 9.37 Å². The predicted octanol–water partition coefficient (Wildman–Crippen LogP) is 4.49. The van der Waals surface area contributed by atoms with Crippen molar-refractivity contribution in [2.75, 3.05) is 5.32 Å². The monoisotopic (exact) mass is 350 g/mol. The highest BCUT2D eigenvalue weighted by Crippen LogP contribution is 2.26. The molecular formula is C16H12ClFN2O2S. The lowest BCUT2D eigenvalue weighted by Crippen LogP contribution is -2.30. The van der Waals surface area contributed by atoms with E-state index in [4.69, 9.17) is 16.3 Å². The van der Waals surface area contributed by atoms with Crippen LogP contribution in [0, 0.1) is 5.82 Å². The van der Waals surface area contributed by atoms with Crippen LogP contribution < -0.4 is 10.1 Å². The molecule has 1 atom stereocenters. The van der Waals surface area contributed by atoms with Crippen LogP contribution in [0.3, 0.4) is 0 Å². The molecule has 0 aliphatic carbocycles. The van der Waals surface area contributed by atoms with E-state index in [-0.39, 0.29) is 11.7 Å². The van der Waals surface area contributed by atoms with Gasteiger partial charge in [0.1, 0.15) is 11.6 Å². The van der Waals surface area contributed by atoms with E-state index in [1.165, 1.54) is 23.5 Å². The second kappa shape index (κ2) is 6.52. The van der Waals surface area contributed by atoms with Crippen molar-refractivity contribution in [3.8, 4) is 5.75 Å². The summed E-state index contributed by atoms with van der Waals surface area (Å²) in [4.78, 5) is 16.4. The highest BCUT2D eigenvalue weighted by Gasteiger charge is 2.17. The Morgan fingerprint density at radius 2 is 2.04 bits per heavy atom. The second-order valence-electron chi connectivity index (χ2n) is 4.83. The molecule has 0 aliphatic heterocycles. The molecule has 1 aromatic heterocycles. The summed E-state index contributed by atoms with van der Waals surface area (Å²) in [6.07, 6.45) is -0.708. The molecule has 0 radical (unpaired) electrons. The molecule has 118 valence electrons. The van der Waals surface area contributed by atoms with Crippen molar-refractivity contribution < 1.29 is 13.9 Å². The van der Waals surface area contributed by atoms with Gasteiger partial charge >= 0.3 is 0 Å². The van der Waals surface area contributed by atoms with Gasteiger partial charge in [-0.2, -0.15) is 0 Å². The van der Waals surface area contributed by atoms with Crippen LogP contribution in [-0.4, -0.2) is 17.0 Å². The van der Waals surface area contributed by atoms with E-state index < -0.39 is 6.10 Å². The summed E-state index contributed by atoms with van der Waals surface area (Å²) < 4.78 is 19.4. The molecule has 4 nitrogen and oxygen atoms in total. The van der Waals surface area contributed by atoms with E-state index in [1.54, 1.807) is 37.3 Å². The molecule has 1 amide bonds. The van der Waals surface area contributed by atoms with E-state index in [2.05, 4.69) is 10.3 Å². The Kier molecular flexibility index (Phi) is 4.45. The van der Waals surface area contributed by atoms with Crippen molar-refractivity contribution in [2.45, 2.75) is 13.0 Å². The van der Waals surface area contributed by atoms with Gasteiger partial charge in [0, 0.05) is 5.02 Å². The van der Waals surface area contributed by atoms with Gasteiger partial charge in [0.05, 0.1) is 10.2 Å². The number of anilines is 1. The van der Waals surface area contributed by atoms with Crippen molar-refractivity contribution in [1.82, 2.24) is 4.98 Å². The number of benzene rings is 2. The molecule has 0 aliphatic rings. The van der Waals surface area contributed by atoms with Gasteiger partial charge in [-0.3, -0.25) is 10.1 Å². The third kappa shape index (κ3) is 3.78. The summed E-state index contributed by atoms with van der Waals surface area (Å²) in [6.45, 7) is 1.64. The number of hydrogen-bond donors (Lipinski definition) is 1. The molecule has 1 heterocycles. The zero-order valence-electron chi connectivity index (χ0n) is 12.0. The minimum Gasteiger partial charge on any atom is -0.481 e. The van der Waals surface area contributed by atoms with E-state index in [0.717, 1.165) is 0 Å². The number of carbonyl (C=O) groups excluding carboxylic acids is 1. The van der Waals surface area contributed by atoms with E-state index in [9.17, 15) is 9.18 Å². The topological polar surface area (TPSA) is 51.2 Å². The van der Waals surface area contributed by atoms with Crippen LogP contribution in [0.2, 0.25) is 5.02 Å². The summed E-state index contributed by atoms with van der Waals surface area (Å²) in [5, 5.41) is 3.68. The molecule has 0 spiro atoms. The number of amides is 1. The molecule has 0 bridgehead atoms. The number of aromatic nitrogens is 1. The van der Waals surface area contributed by atoms with E-state index in [1.807, 2.05) is 0 Å². The molecule has 0 fully saturated rings. The Morgan fingerprint density at radius 1 is 1.30 bits per heavy atom. The van der Waals surface area contributed by atoms with Crippen molar-refractivity contribution in [3.63, 3.8) is 0 Å². The number of halogens is 2. The standard InChI is InChI=1S/C16H12ClFN2O2S/c1-9(22-12-5-2-10(17)3-6-12)15(21)20-16-19-13-7-4-11(18)8-14(13)23-16/h2-9H,1H3,(H,19,20,21). The number of hydrogen-bond acceptors (Lipinski definition) is 4. The minimum atomic E-state index is -0.708. The number of rotatable bonds is 4. The van der Waals surface area contributed by atoms with Crippen molar-refractivity contribution in [1.29, 1.82) is 0 Å². The second-order valence-corrected chi connectivity index (χ2v) is 6.30. The van der Waals surface area contributed by atoms with Crippen molar-refractivity contribution >= 4 is 44.2 Å². The zero-order chi connectivity index (χ0) is 16.4. The molecule has 23 heavy (non-hydrogen) atoms. The Bertz CT molecular complexity index is 851. The molecule has 0 saturated carbocycles. The summed E-state index contributed by atoms with van der Waals surface area (Å²) in [5.74, 6) is -0.124. The lowest BCUT2D eigenvalue weighted by Gasteiger charge is -2.13. The van der Waals surface area contributed by atoms with Crippen molar-refractivity contribution in [3.05, 3.63) is 53.3 Å².